The van der Waals surface area contributed by atoms with E-state index in [0.717, 1.165) is 4.68 Å². The summed E-state index contributed by atoms with van der Waals surface area (Å²) in [4.78, 5) is 4.09. The maximum absolute atomic E-state index is 14.6. The molecule has 2 heterocycles. The molecule has 1 N–H and O–H groups in total. The Morgan fingerprint density at radius 1 is 1.19 bits per heavy atom. The molecule has 0 spiro atoms. The lowest BCUT2D eigenvalue weighted by atomic mass is 10.2. The van der Waals surface area contributed by atoms with Crippen LogP contribution in [-0.4, -0.2) is 30.2 Å². The van der Waals surface area contributed by atoms with Gasteiger partial charge in [0.25, 0.3) is 0 Å². The summed E-state index contributed by atoms with van der Waals surface area (Å²) in [6.45, 7) is 3.75. The molecule has 0 atom stereocenters. The number of nitrogens with zero attached hydrogens (tertiary/aromatic N) is 3. The number of benzene rings is 1. The maximum Gasteiger partial charge on any atom is 0.225 e. The zero-order chi connectivity index (χ0) is 18.9. The van der Waals surface area contributed by atoms with Crippen molar-refractivity contribution in [3.8, 4) is 5.69 Å². The molecule has 136 valence electrons. The second-order valence-electron chi connectivity index (χ2n) is 5.96. The molecule has 6 nitrogen and oxygen atoms in total. The zero-order valence-electron chi connectivity index (χ0n) is 14.7. The van der Waals surface area contributed by atoms with E-state index in [1.807, 2.05) is 0 Å². The van der Waals surface area contributed by atoms with Crippen LogP contribution in [0.2, 0.25) is 0 Å². The predicted octanol–water partition coefficient (Wildman–Crippen LogP) is 2.58. The number of halogens is 1. The smallest absolute Gasteiger partial charge is 0.225 e. The van der Waals surface area contributed by atoms with E-state index in [1.165, 1.54) is 24.4 Å². The molecule has 0 fully saturated rings. The van der Waals surface area contributed by atoms with Crippen LogP contribution in [0.25, 0.3) is 5.69 Å². The standard InChI is InChI=1S/C18H19FN4O2S/c1-12-5-4-6-16(18(12)19)23-17(9-14(22-23)10-20-3)26(24,25)15-8-7-13(2)21-11-15/h4-9,11,20H,10H2,1-3H3. The van der Waals surface area contributed by atoms with Gasteiger partial charge >= 0.3 is 0 Å². The summed E-state index contributed by atoms with van der Waals surface area (Å²) < 4.78 is 42.0. The molecule has 0 unspecified atom stereocenters. The van der Waals surface area contributed by atoms with Gasteiger partial charge in [-0.15, -0.1) is 0 Å². The molecule has 2 aromatic heterocycles. The van der Waals surface area contributed by atoms with Crippen LogP contribution in [-0.2, 0) is 16.4 Å². The SMILES string of the molecule is CNCc1cc(S(=O)(=O)c2ccc(C)nc2)n(-c2cccc(C)c2F)n1. The third-order valence-corrected chi connectivity index (χ3v) is 5.66. The van der Waals surface area contributed by atoms with E-state index in [0.29, 0.717) is 23.5 Å². The van der Waals surface area contributed by atoms with E-state index in [2.05, 4.69) is 15.4 Å². The van der Waals surface area contributed by atoms with Crippen molar-refractivity contribution in [3.05, 3.63) is 65.4 Å². The van der Waals surface area contributed by atoms with Crippen LogP contribution < -0.4 is 5.32 Å². The van der Waals surface area contributed by atoms with Gasteiger partial charge in [-0.3, -0.25) is 4.98 Å². The van der Waals surface area contributed by atoms with Crippen molar-refractivity contribution in [3.63, 3.8) is 0 Å². The van der Waals surface area contributed by atoms with Crippen LogP contribution in [0.5, 0.6) is 0 Å². The van der Waals surface area contributed by atoms with Crippen molar-refractivity contribution in [2.75, 3.05) is 7.05 Å². The fourth-order valence-electron chi connectivity index (χ4n) is 2.57. The number of aryl methyl sites for hydroxylation is 2. The van der Waals surface area contributed by atoms with Crippen molar-refractivity contribution in [2.45, 2.75) is 30.3 Å². The molecule has 1 aromatic carbocycles. The molecule has 3 aromatic rings. The van der Waals surface area contributed by atoms with Crippen LogP contribution in [0, 0.1) is 19.7 Å². The predicted molar refractivity (Wildman–Crippen MR) is 95.4 cm³/mol. The van der Waals surface area contributed by atoms with Crippen LogP contribution in [0.15, 0.2) is 52.5 Å². The number of pyridine rings is 1. The molecule has 0 bridgehead atoms. The second kappa shape index (κ2) is 6.97. The summed E-state index contributed by atoms with van der Waals surface area (Å²) in [5, 5.41) is 7.12. The van der Waals surface area contributed by atoms with Crippen molar-refractivity contribution < 1.29 is 12.8 Å². The average molecular weight is 374 g/mol. The molecule has 0 aliphatic rings. The van der Waals surface area contributed by atoms with Gasteiger partial charge in [-0.05, 0) is 44.7 Å². The van der Waals surface area contributed by atoms with Crippen LogP contribution in [0.3, 0.4) is 0 Å². The van der Waals surface area contributed by atoms with Gasteiger partial charge in [0.1, 0.15) is 5.69 Å². The van der Waals surface area contributed by atoms with Crippen LogP contribution >= 0.6 is 0 Å². The van der Waals surface area contributed by atoms with E-state index in [4.69, 9.17) is 0 Å². The lowest BCUT2D eigenvalue weighted by Gasteiger charge is -2.10. The number of sulfone groups is 1. The highest BCUT2D eigenvalue weighted by atomic mass is 32.2. The Morgan fingerprint density at radius 3 is 2.62 bits per heavy atom. The number of rotatable bonds is 5. The summed E-state index contributed by atoms with van der Waals surface area (Å²) in [5.41, 5.74) is 1.70. The van der Waals surface area contributed by atoms with Gasteiger partial charge in [0, 0.05) is 24.5 Å². The Hall–Kier alpha value is -2.58. The Labute approximate surface area is 151 Å². The first-order valence-electron chi connectivity index (χ1n) is 8.01. The number of hydrogen-bond acceptors (Lipinski definition) is 5. The molecule has 8 heteroatoms. The first-order chi connectivity index (χ1) is 12.3. The van der Waals surface area contributed by atoms with Gasteiger partial charge < -0.3 is 5.32 Å². The molecular weight excluding hydrogens is 355 g/mol. The van der Waals surface area contributed by atoms with Crippen molar-refractivity contribution in [1.82, 2.24) is 20.1 Å². The average Bonchev–Trinajstić information content (AvgIpc) is 3.03. The molecule has 0 amide bonds. The Bertz CT molecular complexity index is 1040. The number of nitrogens with one attached hydrogen (secondary N) is 1. The Kier molecular flexibility index (Phi) is 4.88. The van der Waals surface area contributed by atoms with Crippen molar-refractivity contribution in [1.29, 1.82) is 0 Å². The minimum absolute atomic E-state index is 0.0355. The Morgan fingerprint density at radius 2 is 1.96 bits per heavy atom. The van der Waals surface area contributed by atoms with Gasteiger partial charge in [0.15, 0.2) is 10.8 Å². The maximum atomic E-state index is 14.6. The monoisotopic (exact) mass is 374 g/mol. The van der Waals surface area contributed by atoms with E-state index in [1.54, 1.807) is 39.1 Å². The molecule has 0 aliphatic heterocycles. The van der Waals surface area contributed by atoms with E-state index >= 15 is 0 Å². The first kappa shape index (κ1) is 18.2. The molecular formula is C18H19FN4O2S. The lowest BCUT2D eigenvalue weighted by Crippen LogP contribution is -2.12. The molecule has 0 saturated heterocycles. The largest absolute Gasteiger partial charge is 0.314 e. The van der Waals surface area contributed by atoms with E-state index in [-0.39, 0.29) is 15.6 Å². The van der Waals surface area contributed by atoms with E-state index in [9.17, 15) is 12.8 Å². The third kappa shape index (κ3) is 3.25. The van der Waals surface area contributed by atoms with Gasteiger partial charge in [0.05, 0.1) is 10.6 Å². The topological polar surface area (TPSA) is 76.9 Å². The normalized spacial score (nSPS) is 11.7. The molecule has 3 rings (SSSR count). The fraction of sp³-hybridized carbons (Fsp3) is 0.222. The van der Waals surface area contributed by atoms with Gasteiger partial charge in [0.2, 0.25) is 9.84 Å². The van der Waals surface area contributed by atoms with Gasteiger partial charge in [-0.25, -0.2) is 17.5 Å². The molecule has 0 radical (unpaired) electrons. The highest BCUT2D eigenvalue weighted by Gasteiger charge is 2.26. The van der Waals surface area contributed by atoms with Crippen molar-refractivity contribution >= 4 is 9.84 Å². The van der Waals surface area contributed by atoms with Crippen LogP contribution in [0.1, 0.15) is 17.0 Å². The summed E-state index contributed by atoms with van der Waals surface area (Å²) in [7, 11) is -2.19. The van der Waals surface area contributed by atoms with Gasteiger partial charge in [-0.1, -0.05) is 12.1 Å². The highest BCUT2D eigenvalue weighted by Crippen LogP contribution is 2.26. The highest BCUT2D eigenvalue weighted by molar-refractivity contribution is 7.91. The minimum Gasteiger partial charge on any atom is -0.314 e. The van der Waals surface area contributed by atoms with E-state index < -0.39 is 15.7 Å². The summed E-state index contributed by atoms with van der Waals surface area (Å²) in [6, 6.07) is 9.35. The fourth-order valence-corrected chi connectivity index (χ4v) is 3.91. The molecule has 0 saturated carbocycles. The van der Waals surface area contributed by atoms with Gasteiger partial charge in [-0.2, -0.15) is 5.10 Å². The summed E-state index contributed by atoms with van der Waals surface area (Å²) in [6.07, 6.45) is 1.30. The number of aromatic nitrogens is 3. The molecule has 26 heavy (non-hydrogen) atoms. The zero-order valence-corrected chi connectivity index (χ0v) is 15.5. The third-order valence-electron chi connectivity index (χ3n) is 3.95. The number of hydrogen-bond donors (Lipinski definition) is 1. The second-order valence-corrected chi connectivity index (χ2v) is 7.86. The minimum atomic E-state index is -3.92. The Balaban J connectivity index is 2.23. The first-order valence-corrected chi connectivity index (χ1v) is 9.49. The summed E-state index contributed by atoms with van der Waals surface area (Å²) in [5.74, 6) is -0.509. The molecule has 0 aliphatic carbocycles. The van der Waals surface area contributed by atoms with Crippen LogP contribution in [0.4, 0.5) is 4.39 Å². The quantitative estimate of drug-likeness (QED) is 0.743. The van der Waals surface area contributed by atoms with Crippen molar-refractivity contribution in [2.24, 2.45) is 0 Å². The summed E-state index contributed by atoms with van der Waals surface area (Å²) >= 11 is 0. The lowest BCUT2D eigenvalue weighted by molar-refractivity contribution is 0.572.